The van der Waals surface area contributed by atoms with Crippen molar-refractivity contribution in [2.75, 3.05) is 6.61 Å². The molecule has 1 fully saturated rings. The number of carbonyl (C=O) groups is 1. The minimum absolute atomic E-state index is 0.0271. The summed E-state index contributed by atoms with van der Waals surface area (Å²) >= 11 is 0. The van der Waals surface area contributed by atoms with Crippen molar-refractivity contribution in [3.8, 4) is 5.75 Å². The van der Waals surface area contributed by atoms with Crippen molar-refractivity contribution in [1.82, 2.24) is 0 Å². The fourth-order valence-corrected chi connectivity index (χ4v) is 1.81. The molecule has 0 atom stereocenters. The summed E-state index contributed by atoms with van der Waals surface area (Å²) in [7, 11) is 0. The van der Waals surface area contributed by atoms with Gasteiger partial charge in [0.25, 0.3) is 0 Å². The van der Waals surface area contributed by atoms with Crippen molar-refractivity contribution in [3.63, 3.8) is 0 Å². The first-order valence-electron chi connectivity index (χ1n) is 7.54. The van der Waals surface area contributed by atoms with Gasteiger partial charge in [-0.2, -0.15) is 0 Å². The minimum atomic E-state index is -2.11. The third kappa shape index (κ3) is 2.63. The van der Waals surface area contributed by atoms with E-state index in [0.29, 0.717) is 6.61 Å². The molecule has 1 aromatic carbocycles. The van der Waals surface area contributed by atoms with Crippen molar-refractivity contribution in [3.05, 3.63) is 29.8 Å². The van der Waals surface area contributed by atoms with Crippen LogP contribution in [0.1, 0.15) is 49.5 Å². The molecule has 1 saturated carbocycles. The van der Waals surface area contributed by atoms with Crippen molar-refractivity contribution < 1.29 is 15.0 Å². The second-order valence-electron chi connectivity index (χ2n) is 3.79. The van der Waals surface area contributed by atoms with E-state index in [0.717, 1.165) is 11.3 Å². The third-order valence-corrected chi connectivity index (χ3v) is 2.68. The fourth-order valence-electron chi connectivity index (χ4n) is 1.81. The topological polar surface area (TPSA) is 26.3 Å². The molecule has 0 bridgehead atoms. The lowest BCUT2D eigenvalue weighted by Crippen LogP contribution is -2.12. The molecule has 0 amide bonds. The number of hydrogen-bond acceptors (Lipinski definition) is 2. The first-order chi connectivity index (χ1) is 9.26. The fraction of sp³-hybridized carbons (Fsp3) is 0.500. The van der Waals surface area contributed by atoms with Gasteiger partial charge in [0, 0.05) is 18.2 Å². The minimum Gasteiger partial charge on any atom is -0.494 e. The van der Waals surface area contributed by atoms with Gasteiger partial charge in [0.05, 0.1) is 6.61 Å². The van der Waals surface area contributed by atoms with Crippen LogP contribution in [0.25, 0.3) is 0 Å². The van der Waals surface area contributed by atoms with E-state index >= 15 is 0 Å². The lowest BCUT2D eigenvalue weighted by Gasteiger charge is -2.21. The monoisotopic (exact) mass is 222 g/mol. The van der Waals surface area contributed by atoms with Gasteiger partial charge in [0.2, 0.25) is 0 Å². The Kier molecular flexibility index (Phi) is 2.29. The summed E-state index contributed by atoms with van der Waals surface area (Å²) in [5, 5.41) is 0. The third-order valence-electron chi connectivity index (χ3n) is 2.68. The Morgan fingerprint density at radius 3 is 2.50 bits per heavy atom. The van der Waals surface area contributed by atoms with Crippen LogP contribution in [-0.2, 0) is 4.79 Å². The van der Waals surface area contributed by atoms with Crippen LogP contribution >= 0.6 is 0 Å². The molecule has 0 aromatic heterocycles. The van der Waals surface area contributed by atoms with Crippen LogP contribution in [0.5, 0.6) is 5.75 Å². The van der Waals surface area contributed by atoms with E-state index in [9.17, 15) is 4.79 Å². The highest BCUT2D eigenvalue weighted by molar-refractivity contribution is 5.79. The van der Waals surface area contributed by atoms with Crippen LogP contribution in [0.15, 0.2) is 24.3 Å². The number of rotatable bonds is 3. The second-order valence-corrected chi connectivity index (χ2v) is 3.79. The van der Waals surface area contributed by atoms with Gasteiger partial charge in [0.1, 0.15) is 11.5 Å². The molecule has 2 heteroatoms. The SMILES string of the molecule is [2H]C1([2H])CC(c2ccc(OCC)cc2)CC([2H])([2H])C1=O. The number of Topliss-reactive ketones (excluding diaryl/α,β-unsaturated/α-hetero) is 1. The lowest BCUT2D eigenvalue weighted by atomic mass is 9.83. The van der Waals surface area contributed by atoms with Crippen LogP contribution in [-0.4, -0.2) is 12.4 Å². The number of benzene rings is 1. The quantitative estimate of drug-likeness (QED) is 0.784. The molecule has 2 nitrogen and oxygen atoms in total. The normalized spacial score (nSPS) is 27.4. The molecule has 0 saturated heterocycles. The van der Waals surface area contributed by atoms with E-state index in [1.165, 1.54) is 0 Å². The zero-order chi connectivity index (χ0) is 15.0. The maximum absolute atomic E-state index is 11.7. The average molecular weight is 222 g/mol. The van der Waals surface area contributed by atoms with Gasteiger partial charge in [0.15, 0.2) is 0 Å². The largest absolute Gasteiger partial charge is 0.494 e. The molecule has 0 heterocycles. The molecule has 1 aromatic rings. The molecular weight excluding hydrogens is 200 g/mol. The summed E-state index contributed by atoms with van der Waals surface area (Å²) in [5.41, 5.74) is 0.841. The molecule has 0 N–H and O–H groups in total. The van der Waals surface area contributed by atoms with E-state index in [1.54, 1.807) is 12.1 Å². The van der Waals surface area contributed by atoms with Crippen molar-refractivity contribution in [1.29, 1.82) is 0 Å². The van der Waals surface area contributed by atoms with Crippen molar-refractivity contribution in [2.24, 2.45) is 0 Å². The Morgan fingerprint density at radius 2 is 1.94 bits per heavy atom. The summed E-state index contributed by atoms with van der Waals surface area (Å²) < 4.78 is 36.3. The molecule has 16 heavy (non-hydrogen) atoms. The summed E-state index contributed by atoms with van der Waals surface area (Å²) in [4.78, 5) is 11.7. The highest BCUT2D eigenvalue weighted by Gasteiger charge is 2.19. The number of hydrogen-bond donors (Lipinski definition) is 0. The first kappa shape index (κ1) is 7.10. The Bertz CT molecular complexity index is 476. The standard InChI is InChI=1S/C14H18O2/c1-2-16-14-9-5-12(6-10-14)11-3-7-13(15)8-4-11/h5-6,9-11H,2-4,7-8H2,1H3/i7D2,8D2. The van der Waals surface area contributed by atoms with E-state index < -0.39 is 18.5 Å². The van der Waals surface area contributed by atoms with E-state index in [1.807, 2.05) is 19.1 Å². The van der Waals surface area contributed by atoms with Gasteiger partial charge in [-0.25, -0.2) is 0 Å². The van der Waals surface area contributed by atoms with Crippen LogP contribution in [0.2, 0.25) is 0 Å². The second kappa shape index (κ2) is 5.15. The zero-order valence-corrected chi connectivity index (χ0v) is 9.32. The summed E-state index contributed by atoms with van der Waals surface area (Å²) in [6.07, 6.45) is -4.16. The highest BCUT2D eigenvalue weighted by atomic mass is 16.5. The zero-order valence-electron chi connectivity index (χ0n) is 13.3. The molecule has 0 radical (unpaired) electrons. The van der Waals surface area contributed by atoms with Gasteiger partial charge in [-0.3, -0.25) is 4.79 Å². The maximum atomic E-state index is 11.7. The van der Waals surface area contributed by atoms with Gasteiger partial charge in [-0.1, -0.05) is 12.1 Å². The van der Waals surface area contributed by atoms with Crippen LogP contribution in [0.4, 0.5) is 0 Å². The molecular formula is C14H18O2. The Labute approximate surface area is 102 Å². The molecule has 2 rings (SSSR count). The van der Waals surface area contributed by atoms with Gasteiger partial charge in [-0.15, -0.1) is 0 Å². The molecule has 0 aliphatic heterocycles. The predicted molar refractivity (Wildman–Crippen MR) is 63.8 cm³/mol. The van der Waals surface area contributed by atoms with Crippen LogP contribution < -0.4 is 4.74 Å². The van der Waals surface area contributed by atoms with Gasteiger partial charge in [-0.05, 0) is 43.4 Å². The summed E-state index contributed by atoms with van der Waals surface area (Å²) in [6.45, 7) is 2.46. The molecule has 0 unspecified atom stereocenters. The molecule has 1 aliphatic carbocycles. The summed E-state index contributed by atoms with van der Waals surface area (Å²) in [6, 6.07) is 7.22. The van der Waals surface area contributed by atoms with E-state index in [4.69, 9.17) is 10.2 Å². The van der Waals surface area contributed by atoms with Crippen molar-refractivity contribution >= 4 is 5.78 Å². The number of ether oxygens (including phenoxy) is 1. The predicted octanol–water partition coefficient (Wildman–Crippen LogP) is 3.31. The molecule has 86 valence electrons. The Morgan fingerprint density at radius 1 is 1.31 bits per heavy atom. The smallest absolute Gasteiger partial charge is 0.132 e. The first-order valence-corrected chi connectivity index (χ1v) is 5.54. The molecule has 1 aliphatic rings. The molecule has 0 spiro atoms. The van der Waals surface area contributed by atoms with E-state index in [2.05, 4.69) is 0 Å². The van der Waals surface area contributed by atoms with Gasteiger partial charge >= 0.3 is 0 Å². The maximum Gasteiger partial charge on any atom is 0.132 e. The average Bonchev–Trinajstić information content (AvgIpc) is 2.36. The summed E-state index contributed by atoms with van der Waals surface area (Å²) in [5.74, 6) is -0.505. The van der Waals surface area contributed by atoms with Crippen molar-refractivity contribution in [2.45, 2.75) is 38.4 Å². The van der Waals surface area contributed by atoms with Crippen LogP contribution in [0, 0.1) is 0 Å². The Balaban J connectivity index is 2.22. The van der Waals surface area contributed by atoms with Gasteiger partial charge < -0.3 is 4.74 Å². The Hall–Kier alpha value is -1.31. The highest BCUT2D eigenvalue weighted by Crippen LogP contribution is 2.31. The van der Waals surface area contributed by atoms with Crippen LogP contribution in [0.3, 0.4) is 0 Å². The number of ketones is 1. The number of carbonyl (C=O) groups excluding carboxylic acids is 1. The van der Waals surface area contributed by atoms with E-state index in [-0.39, 0.29) is 18.8 Å². The lowest BCUT2D eigenvalue weighted by molar-refractivity contribution is -0.120.